The largest absolute Gasteiger partial charge is 0.516 e. The Balaban J connectivity index is 0.00000263. The van der Waals surface area contributed by atoms with Gasteiger partial charge in [0.2, 0.25) is 5.78 Å². The minimum absolute atomic E-state index is 0.127. The fraction of sp³-hybridized carbons (Fsp3) is 0.750. The number of hydrogen-bond donors (Lipinski definition) is 4. The van der Waals surface area contributed by atoms with Crippen molar-refractivity contribution < 1.29 is 30.0 Å². The SMILES string of the molecule is C=CO.CCCCC(C)(O)CCC[C@H]1CCC(=O)[C@@H]1CCCCC=C(O)C(=O)CO. The zero-order valence-corrected chi connectivity index (χ0v) is 18.8. The van der Waals surface area contributed by atoms with E-state index in [9.17, 15) is 19.8 Å². The topological polar surface area (TPSA) is 115 Å². The van der Waals surface area contributed by atoms with Crippen LogP contribution in [0.2, 0.25) is 0 Å². The van der Waals surface area contributed by atoms with Gasteiger partial charge in [-0.2, -0.15) is 0 Å². The molecule has 4 N–H and O–H groups in total. The molecular formula is C24H42O6. The summed E-state index contributed by atoms with van der Waals surface area (Å²) in [6.45, 7) is 6.29. The summed E-state index contributed by atoms with van der Waals surface area (Å²) in [6.07, 6.45) is 12.7. The normalized spacial score (nSPS) is 20.9. The Labute approximate surface area is 181 Å². The Bertz CT molecular complexity index is 538. The molecule has 174 valence electrons. The van der Waals surface area contributed by atoms with E-state index in [1.165, 1.54) is 6.08 Å². The van der Waals surface area contributed by atoms with Gasteiger partial charge in [-0.15, -0.1) is 0 Å². The Kier molecular flexibility index (Phi) is 15.2. The molecule has 0 spiro atoms. The summed E-state index contributed by atoms with van der Waals surface area (Å²) >= 11 is 0. The molecule has 0 bridgehead atoms. The number of allylic oxidation sites excluding steroid dienone is 1. The van der Waals surface area contributed by atoms with Crippen molar-refractivity contribution in [1.82, 2.24) is 0 Å². The first-order chi connectivity index (χ1) is 14.2. The van der Waals surface area contributed by atoms with Crippen LogP contribution in [0.4, 0.5) is 0 Å². The van der Waals surface area contributed by atoms with Crippen molar-refractivity contribution in [1.29, 1.82) is 0 Å². The second kappa shape index (κ2) is 16.1. The molecule has 0 aliphatic heterocycles. The minimum Gasteiger partial charge on any atom is -0.516 e. The van der Waals surface area contributed by atoms with E-state index in [-0.39, 0.29) is 11.7 Å². The number of ketones is 2. The van der Waals surface area contributed by atoms with Gasteiger partial charge in [-0.3, -0.25) is 9.59 Å². The quantitative estimate of drug-likeness (QED) is 0.178. The first-order valence-electron chi connectivity index (χ1n) is 11.3. The fourth-order valence-corrected chi connectivity index (χ4v) is 4.09. The number of aliphatic hydroxyl groups excluding tert-OH is 3. The molecule has 1 unspecified atom stereocenters. The Morgan fingerprint density at radius 1 is 1.20 bits per heavy atom. The van der Waals surface area contributed by atoms with E-state index in [4.69, 9.17) is 10.2 Å². The van der Waals surface area contributed by atoms with Crippen molar-refractivity contribution >= 4 is 11.6 Å². The number of unbranched alkanes of at least 4 members (excludes halogenated alkanes) is 3. The maximum Gasteiger partial charge on any atom is 0.221 e. The van der Waals surface area contributed by atoms with Crippen LogP contribution >= 0.6 is 0 Å². The van der Waals surface area contributed by atoms with Gasteiger partial charge < -0.3 is 20.4 Å². The zero-order chi connectivity index (χ0) is 23.0. The summed E-state index contributed by atoms with van der Waals surface area (Å²) in [7, 11) is 0. The van der Waals surface area contributed by atoms with Gasteiger partial charge in [-0.25, -0.2) is 0 Å². The van der Waals surface area contributed by atoms with Crippen LogP contribution in [-0.4, -0.2) is 44.2 Å². The lowest BCUT2D eigenvalue weighted by Crippen LogP contribution is -2.24. The van der Waals surface area contributed by atoms with Gasteiger partial charge in [0.05, 0.1) is 11.9 Å². The predicted molar refractivity (Wildman–Crippen MR) is 119 cm³/mol. The van der Waals surface area contributed by atoms with E-state index in [0.29, 0.717) is 24.5 Å². The maximum absolute atomic E-state index is 12.2. The predicted octanol–water partition coefficient (Wildman–Crippen LogP) is 4.94. The van der Waals surface area contributed by atoms with Gasteiger partial charge in [0, 0.05) is 12.3 Å². The molecule has 0 amide bonds. The molecule has 1 aliphatic carbocycles. The van der Waals surface area contributed by atoms with E-state index in [0.717, 1.165) is 70.5 Å². The van der Waals surface area contributed by atoms with Crippen LogP contribution < -0.4 is 0 Å². The van der Waals surface area contributed by atoms with E-state index >= 15 is 0 Å². The molecule has 3 atom stereocenters. The summed E-state index contributed by atoms with van der Waals surface area (Å²) in [5.74, 6) is -0.105. The number of aliphatic hydroxyl groups is 4. The number of rotatable bonds is 14. The number of carbonyl (C=O) groups is 2. The van der Waals surface area contributed by atoms with E-state index in [1.807, 2.05) is 6.92 Å². The third-order valence-electron chi connectivity index (χ3n) is 5.84. The van der Waals surface area contributed by atoms with Crippen LogP contribution in [0.3, 0.4) is 0 Å². The van der Waals surface area contributed by atoms with Crippen molar-refractivity contribution in [2.24, 2.45) is 11.8 Å². The Morgan fingerprint density at radius 2 is 1.83 bits per heavy atom. The summed E-state index contributed by atoms with van der Waals surface area (Å²) in [5.41, 5.74) is -0.589. The zero-order valence-electron chi connectivity index (χ0n) is 18.8. The monoisotopic (exact) mass is 426 g/mol. The molecule has 1 saturated carbocycles. The van der Waals surface area contributed by atoms with Crippen molar-refractivity contribution in [2.75, 3.05) is 6.61 Å². The molecule has 0 aromatic carbocycles. The number of carbonyl (C=O) groups excluding carboxylic acids is 2. The third-order valence-corrected chi connectivity index (χ3v) is 5.84. The first kappa shape index (κ1) is 28.3. The highest BCUT2D eigenvalue weighted by molar-refractivity contribution is 5.93. The summed E-state index contributed by atoms with van der Waals surface area (Å²) < 4.78 is 0. The van der Waals surface area contributed by atoms with Gasteiger partial charge >= 0.3 is 0 Å². The van der Waals surface area contributed by atoms with Crippen molar-refractivity contribution in [2.45, 2.75) is 96.5 Å². The Morgan fingerprint density at radius 3 is 2.43 bits per heavy atom. The molecule has 0 aromatic heterocycles. The minimum atomic E-state index is -0.675. The molecule has 6 nitrogen and oxygen atoms in total. The van der Waals surface area contributed by atoms with Crippen LogP contribution in [0.5, 0.6) is 0 Å². The van der Waals surface area contributed by atoms with E-state index in [2.05, 4.69) is 13.5 Å². The average molecular weight is 427 g/mol. The molecule has 0 radical (unpaired) electrons. The summed E-state index contributed by atoms with van der Waals surface area (Å²) in [5, 5.41) is 35.8. The highest BCUT2D eigenvalue weighted by Crippen LogP contribution is 2.37. The smallest absolute Gasteiger partial charge is 0.221 e. The van der Waals surface area contributed by atoms with Crippen LogP contribution in [0.25, 0.3) is 0 Å². The standard InChI is InChI=1S/C22H38O5.C2H4O/c1-3-4-14-22(2,27)15-8-9-17-12-13-19(24)18(17)10-6-5-7-11-20(25)21(26)16-23;1-2-3/h11,17-18,23,25,27H,3-10,12-16H2,1-2H3;2-3H,1H2/t17-,18+,22?;/m0./s1. The Hall–Kier alpha value is -1.66. The van der Waals surface area contributed by atoms with Crippen molar-refractivity contribution in [3.63, 3.8) is 0 Å². The number of hydrogen-bond acceptors (Lipinski definition) is 6. The lowest BCUT2D eigenvalue weighted by Gasteiger charge is -2.25. The second-order valence-electron chi connectivity index (χ2n) is 8.50. The second-order valence-corrected chi connectivity index (χ2v) is 8.50. The molecule has 0 heterocycles. The highest BCUT2D eigenvalue weighted by atomic mass is 16.3. The number of Topliss-reactive ketones (excluding diaryl/α,β-unsaturated/α-hetero) is 2. The van der Waals surface area contributed by atoms with E-state index in [1.54, 1.807) is 0 Å². The fourth-order valence-electron chi connectivity index (χ4n) is 4.09. The van der Waals surface area contributed by atoms with Gasteiger partial charge in [-0.05, 0) is 63.9 Å². The summed E-state index contributed by atoms with van der Waals surface area (Å²) in [6, 6.07) is 0. The lowest BCUT2D eigenvalue weighted by atomic mass is 9.84. The average Bonchev–Trinajstić information content (AvgIpc) is 3.05. The molecule has 30 heavy (non-hydrogen) atoms. The molecule has 0 saturated heterocycles. The van der Waals surface area contributed by atoms with Gasteiger partial charge in [-0.1, -0.05) is 39.2 Å². The first-order valence-corrected chi connectivity index (χ1v) is 11.3. The van der Waals surface area contributed by atoms with E-state index < -0.39 is 18.0 Å². The molecule has 1 fully saturated rings. The molecule has 6 heteroatoms. The van der Waals surface area contributed by atoms with Crippen LogP contribution in [0.1, 0.15) is 90.9 Å². The van der Waals surface area contributed by atoms with Crippen LogP contribution in [0.15, 0.2) is 24.7 Å². The van der Waals surface area contributed by atoms with Crippen molar-refractivity contribution in [3.8, 4) is 0 Å². The van der Waals surface area contributed by atoms with Crippen molar-refractivity contribution in [3.05, 3.63) is 24.7 Å². The molecular weight excluding hydrogens is 384 g/mol. The summed E-state index contributed by atoms with van der Waals surface area (Å²) in [4.78, 5) is 23.3. The molecule has 1 rings (SSSR count). The lowest BCUT2D eigenvalue weighted by molar-refractivity contribution is -0.121. The molecule has 0 aromatic rings. The third kappa shape index (κ3) is 12.1. The van der Waals surface area contributed by atoms with Gasteiger partial charge in [0.15, 0.2) is 5.76 Å². The van der Waals surface area contributed by atoms with Crippen LogP contribution in [-0.2, 0) is 9.59 Å². The van der Waals surface area contributed by atoms with Crippen LogP contribution in [0, 0.1) is 11.8 Å². The highest BCUT2D eigenvalue weighted by Gasteiger charge is 2.33. The molecule has 1 aliphatic rings. The maximum atomic E-state index is 12.2. The van der Waals surface area contributed by atoms with Gasteiger partial charge in [0.1, 0.15) is 12.4 Å². The van der Waals surface area contributed by atoms with Gasteiger partial charge in [0.25, 0.3) is 0 Å².